The number of ether oxygens (including phenoxy) is 1. The second-order valence-electron chi connectivity index (χ2n) is 10.3. The zero-order valence-corrected chi connectivity index (χ0v) is 22.4. The highest BCUT2D eigenvalue weighted by Gasteiger charge is 2.52. The van der Waals surface area contributed by atoms with Crippen molar-refractivity contribution in [3.63, 3.8) is 0 Å². The van der Waals surface area contributed by atoms with Crippen molar-refractivity contribution in [2.45, 2.75) is 24.5 Å². The number of nitrogens with zero attached hydrogens (tertiary/aromatic N) is 3. The number of benzene rings is 2. The Labute approximate surface area is 231 Å². The quantitative estimate of drug-likeness (QED) is 0.327. The van der Waals surface area contributed by atoms with Crippen LogP contribution in [0.15, 0.2) is 67.1 Å². The summed E-state index contributed by atoms with van der Waals surface area (Å²) in [6, 6.07) is 14.8. The second kappa shape index (κ2) is 10.4. The van der Waals surface area contributed by atoms with E-state index in [4.69, 9.17) is 4.74 Å². The van der Waals surface area contributed by atoms with Gasteiger partial charge in [0, 0.05) is 42.3 Å². The monoisotopic (exact) mass is 576 g/mol. The fourth-order valence-corrected chi connectivity index (χ4v) is 6.14. The molecule has 4 heterocycles. The highest BCUT2D eigenvalue weighted by Crippen LogP contribution is 2.41. The molecule has 0 saturated carbocycles. The molecule has 1 atom stereocenters. The summed E-state index contributed by atoms with van der Waals surface area (Å²) in [6.07, 6.45) is 9.80. The molecule has 0 radical (unpaired) electrons. The van der Waals surface area contributed by atoms with E-state index in [1.54, 1.807) is 18.3 Å². The summed E-state index contributed by atoms with van der Waals surface area (Å²) < 4.78 is 6.72. The number of piperidine rings is 3. The standard InChI is InChI=1S/C29H28N4O4.BrH/c34-27(32-26-17-30-13-14-31-26)19-33-15-11-22(12-16-33)25(18-33)37-28(35)29(36)23-7-3-1-5-20(23)9-10-21-6-2-4-8-24(21)29;/h1-10,13-14,17,22,25,36H,11-12,15-16,18-19H2;1H/t22?,25-,33?;/m0./s1. The predicted molar refractivity (Wildman–Crippen MR) is 138 cm³/mol. The summed E-state index contributed by atoms with van der Waals surface area (Å²) in [5.74, 6) is -0.175. The average Bonchev–Trinajstić information content (AvgIpc) is 3.05. The molecule has 2 aromatic carbocycles. The van der Waals surface area contributed by atoms with E-state index in [0.717, 1.165) is 37.1 Å². The van der Waals surface area contributed by atoms with Gasteiger partial charge in [0.05, 0.1) is 19.3 Å². The highest BCUT2D eigenvalue weighted by molar-refractivity contribution is 5.92. The molecule has 3 saturated heterocycles. The van der Waals surface area contributed by atoms with Crippen molar-refractivity contribution in [3.8, 4) is 0 Å². The maximum Gasteiger partial charge on any atom is 0.348 e. The summed E-state index contributed by atoms with van der Waals surface area (Å²) in [6.45, 7) is 2.53. The first-order valence-corrected chi connectivity index (χ1v) is 12.7. The summed E-state index contributed by atoms with van der Waals surface area (Å²) in [5.41, 5.74) is 0.633. The van der Waals surface area contributed by atoms with Gasteiger partial charge in [-0.3, -0.25) is 9.78 Å². The molecule has 3 fully saturated rings. The Hall–Kier alpha value is -3.40. The number of hydrogen-bond acceptors (Lipinski definition) is 6. The fraction of sp³-hybridized carbons (Fsp3) is 0.310. The van der Waals surface area contributed by atoms with Crippen LogP contribution in [0.3, 0.4) is 0 Å². The molecule has 3 aromatic rings. The van der Waals surface area contributed by atoms with Gasteiger partial charge in [0.25, 0.3) is 5.91 Å². The molecule has 2 bridgehead atoms. The van der Waals surface area contributed by atoms with Gasteiger partial charge in [-0.2, -0.15) is 0 Å². The summed E-state index contributed by atoms with van der Waals surface area (Å²) in [5, 5.41) is 14.9. The third-order valence-electron chi connectivity index (χ3n) is 8.05. The molecule has 0 unspecified atom stereocenters. The number of nitrogens with one attached hydrogen (secondary N) is 1. The van der Waals surface area contributed by atoms with Gasteiger partial charge >= 0.3 is 5.97 Å². The first-order chi connectivity index (χ1) is 18.0. The Morgan fingerprint density at radius 1 is 1.00 bits per heavy atom. The lowest BCUT2D eigenvalue weighted by atomic mass is 9.81. The van der Waals surface area contributed by atoms with E-state index in [0.29, 0.717) is 28.0 Å². The van der Waals surface area contributed by atoms with Crippen LogP contribution in [0, 0.1) is 5.92 Å². The number of rotatable bonds is 5. The van der Waals surface area contributed by atoms with Crippen molar-refractivity contribution in [3.05, 3.63) is 89.4 Å². The van der Waals surface area contributed by atoms with Crippen LogP contribution in [-0.2, 0) is 19.9 Å². The van der Waals surface area contributed by atoms with E-state index in [2.05, 4.69) is 15.3 Å². The molecule has 8 nitrogen and oxygen atoms in total. The third-order valence-corrected chi connectivity index (χ3v) is 8.05. The van der Waals surface area contributed by atoms with Crippen molar-refractivity contribution < 1.29 is 40.9 Å². The van der Waals surface area contributed by atoms with Gasteiger partial charge < -0.3 is 36.6 Å². The van der Waals surface area contributed by atoms with Crippen LogP contribution in [0.4, 0.5) is 5.82 Å². The Bertz CT molecular complexity index is 1320. The molecule has 7 rings (SSSR count). The number of fused-ring (bicyclic) bond motifs is 5. The van der Waals surface area contributed by atoms with Crippen molar-refractivity contribution >= 4 is 29.8 Å². The summed E-state index contributed by atoms with van der Waals surface area (Å²) >= 11 is 0. The van der Waals surface area contributed by atoms with Crippen LogP contribution in [0.25, 0.3) is 12.2 Å². The number of hydrogen-bond donors (Lipinski definition) is 2. The lowest BCUT2D eigenvalue weighted by molar-refractivity contribution is -0.939. The lowest BCUT2D eigenvalue weighted by Crippen LogP contribution is -3.00. The van der Waals surface area contributed by atoms with E-state index in [-0.39, 0.29) is 41.5 Å². The predicted octanol–water partition coefficient (Wildman–Crippen LogP) is -0.00880. The largest absolute Gasteiger partial charge is 1.00 e. The van der Waals surface area contributed by atoms with Crippen LogP contribution >= 0.6 is 0 Å². The molecule has 1 aromatic heterocycles. The highest BCUT2D eigenvalue weighted by atomic mass is 79.9. The molecular weight excluding hydrogens is 548 g/mol. The summed E-state index contributed by atoms with van der Waals surface area (Å²) in [4.78, 5) is 34.9. The van der Waals surface area contributed by atoms with Gasteiger partial charge in [0.1, 0.15) is 6.54 Å². The van der Waals surface area contributed by atoms with Gasteiger partial charge in [-0.15, -0.1) is 0 Å². The number of anilines is 1. The average molecular weight is 577 g/mol. The molecule has 3 aliphatic heterocycles. The second-order valence-corrected chi connectivity index (χ2v) is 10.3. The van der Waals surface area contributed by atoms with E-state index >= 15 is 0 Å². The maximum atomic E-state index is 13.9. The number of carbonyl (C=O) groups excluding carboxylic acids is 2. The summed E-state index contributed by atoms with van der Waals surface area (Å²) in [7, 11) is 0. The zero-order valence-electron chi connectivity index (χ0n) is 20.8. The topological polar surface area (TPSA) is 101 Å². The molecule has 1 amide bonds. The third kappa shape index (κ3) is 4.66. The number of aliphatic hydroxyl groups is 1. The minimum atomic E-state index is -1.93. The molecule has 9 heteroatoms. The molecule has 0 spiro atoms. The van der Waals surface area contributed by atoms with Crippen LogP contribution < -0.4 is 22.3 Å². The van der Waals surface area contributed by atoms with Gasteiger partial charge in [0.15, 0.2) is 18.5 Å². The molecule has 2 N–H and O–H groups in total. The van der Waals surface area contributed by atoms with Crippen molar-refractivity contribution in [1.29, 1.82) is 0 Å². The number of quaternary nitrogens is 1. The normalized spacial score (nSPS) is 24.2. The van der Waals surface area contributed by atoms with Crippen LogP contribution in [-0.4, -0.2) is 63.7 Å². The lowest BCUT2D eigenvalue weighted by Gasteiger charge is -2.51. The number of esters is 1. The van der Waals surface area contributed by atoms with Crippen molar-refractivity contribution in [2.75, 3.05) is 31.5 Å². The molecule has 196 valence electrons. The molecule has 38 heavy (non-hydrogen) atoms. The van der Waals surface area contributed by atoms with E-state index in [1.807, 2.05) is 48.6 Å². The minimum absolute atomic E-state index is 0. The SMILES string of the molecule is O=C(C[N+]12CCC(CC1)[C@@H](OC(=O)C1(O)c3ccccc3C=Cc3ccccc31)C2)Nc1cnccn1.[Br-]. The van der Waals surface area contributed by atoms with Crippen LogP contribution in [0.1, 0.15) is 35.1 Å². The fourth-order valence-electron chi connectivity index (χ4n) is 6.14. The van der Waals surface area contributed by atoms with Gasteiger partial charge in [0.2, 0.25) is 5.60 Å². The Morgan fingerprint density at radius 2 is 1.63 bits per heavy atom. The Balaban J connectivity index is 0.00000294. The van der Waals surface area contributed by atoms with Gasteiger partial charge in [-0.05, 0) is 11.1 Å². The Kier molecular flexibility index (Phi) is 7.17. The number of amides is 1. The van der Waals surface area contributed by atoms with Gasteiger partial charge in [-0.1, -0.05) is 60.7 Å². The van der Waals surface area contributed by atoms with Crippen LogP contribution in [0.5, 0.6) is 0 Å². The smallest absolute Gasteiger partial charge is 0.348 e. The maximum absolute atomic E-state index is 13.9. The van der Waals surface area contributed by atoms with Crippen molar-refractivity contribution in [2.24, 2.45) is 5.92 Å². The molecule has 4 aliphatic rings. The first kappa shape index (κ1) is 26.2. The first-order valence-electron chi connectivity index (χ1n) is 12.7. The Morgan fingerprint density at radius 3 is 2.24 bits per heavy atom. The molecular formula is C29H29BrN4O4. The van der Waals surface area contributed by atoms with E-state index in [1.165, 1.54) is 12.4 Å². The van der Waals surface area contributed by atoms with E-state index in [9.17, 15) is 14.7 Å². The van der Waals surface area contributed by atoms with E-state index < -0.39 is 11.6 Å². The van der Waals surface area contributed by atoms with Crippen molar-refractivity contribution in [1.82, 2.24) is 9.97 Å². The van der Waals surface area contributed by atoms with Gasteiger partial charge in [-0.25, -0.2) is 9.78 Å². The molecule has 1 aliphatic carbocycles. The number of aromatic nitrogens is 2. The zero-order chi connectivity index (χ0) is 25.5. The minimum Gasteiger partial charge on any atom is -1.00 e. The van der Waals surface area contributed by atoms with Crippen LogP contribution in [0.2, 0.25) is 0 Å². The number of carbonyl (C=O) groups is 2. The number of halogens is 1.